The first kappa shape index (κ1) is 22.4. The van der Waals surface area contributed by atoms with Crippen molar-refractivity contribution in [1.82, 2.24) is 29.1 Å². The van der Waals surface area contributed by atoms with Gasteiger partial charge in [0.15, 0.2) is 5.65 Å². The second-order valence-electron chi connectivity index (χ2n) is 8.66. The van der Waals surface area contributed by atoms with Crippen LogP contribution < -0.4 is 16.9 Å². The summed E-state index contributed by atoms with van der Waals surface area (Å²) >= 11 is 0. The molecule has 182 valence electrons. The fourth-order valence-electron chi connectivity index (χ4n) is 4.64. The van der Waals surface area contributed by atoms with Crippen LogP contribution in [0, 0.1) is 5.82 Å². The lowest BCUT2D eigenvalue weighted by atomic mass is 9.96. The van der Waals surface area contributed by atoms with E-state index in [0.29, 0.717) is 44.5 Å². The predicted octanol–water partition coefficient (Wildman–Crippen LogP) is 3.79. The minimum atomic E-state index is -0.509. The van der Waals surface area contributed by atoms with Crippen LogP contribution in [0.5, 0.6) is 0 Å². The molecule has 0 aliphatic rings. The molecular weight excluding hydrogens is 473 g/mol. The summed E-state index contributed by atoms with van der Waals surface area (Å²) in [5, 5.41) is 5.36. The standard InChI is InChI=1S/C27H20FN7O2/c1-15(35-26-23(25(29)31-14-32-26)24(33-35)17-7-10-21(36)30-12-17)20-11-19-9-8-18(28)13-34(19)27(37)22(20)16-5-3-2-4-6-16/h2-15H,1H3,(H,30,36)(H2,29,31,32)/t15-/m0/s1. The number of nitrogens with zero attached hydrogens (tertiary/aromatic N) is 5. The minimum Gasteiger partial charge on any atom is -0.383 e. The van der Waals surface area contributed by atoms with Crippen LogP contribution >= 0.6 is 0 Å². The zero-order valence-electron chi connectivity index (χ0n) is 19.6. The number of hydrogen-bond acceptors (Lipinski definition) is 6. The fraction of sp³-hybridized carbons (Fsp3) is 0.0741. The second kappa shape index (κ2) is 8.52. The highest BCUT2D eigenvalue weighted by Crippen LogP contribution is 2.35. The van der Waals surface area contributed by atoms with Gasteiger partial charge < -0.3 is 10.7 Å². The number of anilines is 1. The van der Waals surface area contributed by atoms with Gasteiger partial charge in [-0.05, 0) is 42.3 Å². The zero-order chi connectivity index (χ0) is 25.7. The molecule has 6 rings (SSSR count). The molecule has 10 heteroatoms. The average Bonchev–Trinajstić information content (AvgIpc) is 3.30. The first-order valence-electron chi connectivity index (χ1n) is 11.5. The van der Waals surface area contributed by atoms with Crippen molar-refractivity contribution in [2.24, 2.45) is 0 Å². The second-order valence-corrected chi connectivity index (χ2v) is 8.66. The molecule has 0 spiro atoms. The molecule has 3 N–H and O–H groups in total. The third-order valence-electron chi connectivity index (χ3n) is 6.42. The largest absolute Gasteiger partial charge is 0.383 e. The smallest absolute Gasteiger partial charge is 0.263 e. The highest BCUT2D eigenvalue weighted by Gasteiger charge is 2.25. The normalized spacial score (nSPS) is 12.3. The van der Waals surface area contributed by atoms with Crippen LogP contribution in [0.15, 0.2) is 89.0 Å². The SMILES string of the molecule is C[C@@H](c1cc2ccc(F)cn2c(=O)c1-c1ccccc1)n1nc(-c2ccc(=O)[nH]c2)c2c(N)ncnc21. The summed E-state index contributed by atoms with van der Waals surface area (Å²) in [5.74, 6) is -0.271. The van der Waals surface area contributed by atoms with Gasteiger partial charge >= 0.3 is 0 Å². The Morgan fingerprint density at radius 2 is 1.81 bits per heavy atom. The number of fused-ring (bicyclic) bond motifs is 2. The van der Waals surface area contributed by atoms with Crippen molar-refractivity contribution < 1.29 is 4.39 Å². The van der Waals surface area contributed by atoms with E-state index in [0.717, 1.165) is 0 Å². The highest BCUT2D eigenvalue weighted by atomic mass is 19.1. The van der Waals surface area contributed by atoms with E-state index in [1.54, 1.807) is 23.0 Å². The summed E-state index contributed by atoms with van der Waals surface area (Å²) in [4.78, 5) is 36.6. The van der Waals surface area contributed by atoms with Crippen molar-refractivity contribution in [2.45, 2.75) is 13.0 Å². The molecule has 0 amide bonds. The first-order valence-corrected chi connectivity index (χ1v) is 11.5. The lowest BCUT2D eigenvalue weighted by Gasteiger charge is -2.19. The average molecular weight is 494 g/mol. The lowest BCUT2D eigenvalue weighted by molar-refractivity contribution is 0.580. The molecular formula is C27H20FN7O2. The Morgan fingerprint density at radius 3 is 2.57 bits per heavy atom. The van der Waals surface area contributed by atoms with Crippen molar-refractivity contribution >= 4 is 22.4 Å². The Bertz CT molecular complexity index is 1910. The van der Waals surface area contributed by atoms with Gasteiger partial charge in [0.2, 0.25) is 5.56 Å². The number of aromatic nitrogens is 6. The monoisotopic (exact) mass is 493 g/mol. The van der Waals surface area contributed by atoms with E-state index in [9.17, 15) is 14.0 Å². The van der Waals surface area contributed by atoms with Crippen molar-refractivity contribution in [3.63, 3.8) is 0 Å². The molecule has 5 heterocycles. The van der Waals surface area contributed by atoms with Gasteiger partial charge in [0.25, 0.3) is 5.56 Å². The van der Waals surface area contributed by atoms with Gasteiger partial charge in [-0.1, -0.05) is 30.3 Å². The van der Waals surface area contributed by atoms with Crippen molar-refractivity contribution in [3.8, 4) is 22.4 Å². The van der Waals surface area contributed by atoms with Crippen LogP contribution in [-0.2, 0) is 0 Å². The van der Waals surface area contributed by atoms with E-state index >= 15 is 0 Å². The van der Waals surface area contributed by atoms with Crippen LogP contribution in [0.25, 0.3) is 38.9 Å². The van der Waals surface area contributed by atoms with Crippen LogP contribution in [0.4, 0.5) is 10.2 Å². The molecule has 0 fully saturated rings. The summed E-state index contributed by atoms with van der Waals surface area (Å²) in [5.41, 5.74) is 9.59. The van der Waals surface area contributed by atoms with Gasteiger partial charge in [-0.2, -0.15) is 5.10 Å². The van der Waals surface area contributed by atoms with Gasteiger partial charge in [-0.15, -0.1) is 0 Å². The van der Waals surface area contributed by atoms with Crippen molar-refractivity contribution in [1.29, 1.82) is 0 Å². The summed E-state index contributed by atoms with van der Waals surface area (Å²) in [6.45, 7) is 1.91. The third-order valence-corrected chi connectivity index (χ3v) is 6.42. The summed E-state index contributed by atoms with van der Waals surface area (Å²) in [7, 11) is 0. The minimum absolute atomic E-state index is 0.238. The van der Waals surface area contributed by atoms with Crippen molar-refractivity contribution in [2.75, 3.05) is 5.73 Å². The molecule has 0 saturated heterocycles. The number of halogens is 1. The Morgan fingerprint density at radius 1 is 1.00 bits per heavy atom. The molecule has 37 heavy (non-hydrogen) atoms. The van der Waals surface area contributed by atoms with E-state index in [2.05, 4.69) is 15.0 Å². The Kier molecular flexibility index (Phi) is 5.15. The zero-order valence-corrected chi connectivity index (χ0v) is 19.6. The molecule has 6 aromatic rings. The molecule has 1 aromatic carbocycles. The quantitative estimate of drug-likeness (QED) is 0.385. The molecule has 0 aliphatic heterocycles. The Labute approximate surface area is 208 Å². The van der Waals surface area contributed by atoms with E-state index in [1.807, 2.05) is 43.3 Å². The van der Waals surface area contributed by atoms with Gasteiger partial charge in [0.05, 0.1) is 17.0 Å². The molecule has 0 saturated carbocycles. The summed E-state index contributed by atoms with van der Waals surface area (Å²) < 4.78 is 17.1. The predicted molar refractivity (Wildman–Crippen MR) is 139 cm³/mol. The maximum atomic E-state index is 14.1. The number of hydrogen-bond donors (Lipinski definition) is 2. The molecule has 5 aromatic heterocycles. The van der Waals surface area contributed by atoms with Crippen LogP contribution in [0.2, 0.25) is 0 Å². The molecule has 0 unspecified atom stereocenters. The number of rotatable bonds is 4. The molecule has 0 bridgehead atoms. The summed E-state index contributed by atoms with van der Waals surface area (Å²) in [6, 6.07) is 16.5. The summed E-state index contributed by atoms with van der Waals surface area (Å²) in [6.07, 6.45) is 4.09. The number of benzene rings is 1. The van der Waals surface area contributed by atoms with E-state index in [1.165, 1.54) is 29.1 Å². The van der Waals surface area contributed by atoms with Crippen LogP contribution in [0.1, 0.15) is 18.5 Å². The highest BCUT2D eigenvalue weighted by molar-refractivity contribution is 5.98. The van der Waals surface area contributed by atoms with Crippen molar-refractivity contribution in [3.05, 3.63) is 111 Å². The topological polar surface area (TPSA) is 124 Å². The van der Waals surface area contributed by atoms with E-state index in [4.69, 9.17) is 10.8 Å². The Hall–Kier alpha value is -5.12. The van der Waals surface area contributed by atoms with Crippen LogP contribution in [-0.4, -0.2) is 29.1 Å². The van der Waals surface area contributed by atoms with E-state index in [-0.39, 0.29) is 16.9 Å². The van der Waals surface area contributed by atoms with Gasteiger partial charge in [0.1, 0.15) is 23.7 Å². The molecule has 9 nitrogen and oxygen atoms in total. The number of nitrogens with one attached hydrogen (secondary N) is 1. The maximum Gasteiger partial charge on any atom is 0.263 e. The lowest BCUT2D eigenvalue weighted by Crippen LogP contribution is -2.21. The van der Waals surface area contributed by atoms with Gasteiger partial charge in [0, 0.05) is 29.5 Å². The number of nitrogens with two attached hydrogens (primary N) is 1. The Balaban J connectivity index is 1.65. The van der Waals surface area contributed by atoms with E-state index < -0.39 is 11.9 Å². The molecule has 1 atom stereocenters. The first-order chi connectivity index (χ1) is 17.9. The van der Waals surface area contributed by atoms with Crippen LogP contribution in [0.3, 0.4) is 0 Å². The number of pyridine rings is 3. The van der Waals surface area contributed by atoms with Gasteiger partial charge in [-0.3, -0.25) is 14.0 Å². The number of H-pyrrole nitrogens is 1. The number of nitrogen functional groups attached to an aromatic ring is 1. The maximum absolute atomic E-state index is 14.1. The molecule has 0 aliphatic carbocycles. The fourth-order valence-corrected chi connectivity index (χ4v) is 4.64. The third kappa shape index (κ3) is 3.66. The number of aromatic amines is 1. The molecule has 0 radical (unpaired) electrons. The van der Waals surface area contributed by atoms with Gasteiger partial charge in [-0.25, -0.2) is 19.0 Å².